The lowest BCUT2D eigenvalue weighted by atomic mass is 10.2. The van der Waals surface area contributed by atoms with Gasteiger partial charge in [-0.2, -0.15) is 4.31 Å². The van der Waals surface area contributed by atoms with Crippen LogP contribution in [0.5, 0.6) is 5.75 Å². The molecular weight excluding hydrogens is 442 g/mol. The molecule has 0 fully saturated rings. The first-order chi connectivity index (χ1) is 14.8. The van der Waals surface area contributed by atoms with E-state index < -0.39 is 22.5 Å². The van der Waals surface area contributed by atoms with E-state index in [1.807, 2.05) is 31.2 Å². The van der Waals surface area contributed by atoms with Gasteiger partial charge in [-0.1, -0.05) is 23.7 Å². The van der Waals surface area contributed by atoms with E-state index in [4.69, 9.17) is 20.8 Å². The summed E-state index contributed by atoms with van der Waals surface area (Å²) in [5.41, 5.74) is 1.07. The number of halogens is 1. The molecule has 3 rings (SSSR count). The fraction of sp³-hybridized carbons (Fsp3) is 0.238. The third-order valence-corrected chi connectivity index (χ3v) is 6.25. The molecule has 2 heterocycles. The number of aryl methyl sites for hydroxylation is 1. The summed E-state index contributed by atoms with van der Waals surface area (Å²) in [6.45, 7) is 1.94. The third kappa shape index (κ3) is 6.55. The van der Waals surface area contributed by atoms with E-state index in [-0.39, 0.29) is 29.7 Å². The second kappa shape index (κ2) is 10.4. The highest BCUT2D eigenvalue weighted by atomic mass is 35.5. The Labute approximate surface area is 185 Å². The highest BCUT2D eigenvalue weighted by molar-refractivity contribution is 7.89. The van der Waals surface area contributed by atoms with E-state index in [0.29, 0.717) is 11.5 Å². The van der Waals surface area contributed by atoms with Gasteiger partial charge >= 0.3 is 0 Å². The van der Waals surface area contributed by atoms with Gasteiger partial charge in [-0.3, -0.25) is 4.79 Å². The Morgan fingerprint density at radius 3 is 2.74 bits per heavy atom. The highest BCUT2D eigenvalue weighted by Crippen LogP contribution is 2.19. The minimum absolute atomic E-state index is 0.0703. The summed E-state index contributed by atoms with van der Waals surface area (Å²) in [5, 5.41) is 2.84. The summed E-state index contributed by atoms with van der Waals surface area (Å²) in [4.78, 5) is 16.2. The molecule has 3 aromatic rings. The van der Waals surface area contributed by atoms with Crippen LogP contribution < -0.4 is 10.1 Å². The van der Waals surface area contributed by atoms with Crippen molar-refractivity contribution in [2.75, 3.05) is 19.7 Å². The van der Waals surface area contributed by atoms with Crippen molar-refractivity contribution in [2.24, 2.45) is 0 Å². The number of aromatic nitrogens is 1. The fourth-order valence-corrected chi connectivity index (χ4v) is 4.17. The molecule has 2 aromatic heterocycles. The molecule has 1 amide bonds. The molecule has 8 nitrogen and oxygen atoms in total. The second-order valence-corrected chi connectivity index (χ2v) is 9.01. The molecule has 0 aliphatic carbocycles. The number of benzene rings is 1. The van der Waals surface area contributed by atoms with E-state index >= 15 is 0 Å². The van der Waals surface area contributed by atoms with Gasteiger partial charge in [-0.15, -0.1) is 0 Å². The van der Waals surface area contributed by atoms with Crippen molar-refractivity contribution < 1.29 is 22.4 Å². The molecule has 1 N–H and O–H groups in total. The minimum Gasteiger partial charge on any atom is -0.492 e. The summed E-state index contributed by atoms with van der Waals surface area (Å²) in [5.74, 6) is 0.637. The first-order valence-electron chi connectivity index (χ1n) is 9.45. The SMILES string of the molecule is Cc1cccc(OCCNC(=O)CN(Cc2ccco2)S(=O)(=O)c2ccc(Cl)nc2)c1. The van der Waals surface area contributed by atoms with Crippen molar-refractivity contribution in [3.8, 4) is 5.75 Å². The monoisotopic (exact) mass is 463 g/mol. The number of carbonyl (C=O) groups excluding carboxylic acids is 1. The molecule has 164 valence electrons. The summed E-state index contributed by atoms with van der Waals surface area (Å²) in [6.07, 6.45) is 2.59. The zero-order chi connectivity index (χ0) is 22.3. The number of pyridine rings is 1. The van der Waals surface area contributed by atoms with Crippen LogP contribution in [-0.2, 0) is 21.4 Å². The first kappa shape index (κ1) is 22.8. The number of carbonyl (C=O) groups is 1. The van der Waals surface area contributed by atoms with Gasteiger partial charge in [0.2, 0.25) is 15.9 Å². The van der Waals surface area contributed by atoms with E-state index in [0.717, 1.165) is 16.1 Å². The maximum Gasteiger partial charge on any atom is 0.245 e. The van der Waals surface area contributed by atoms with Crippen LogP contribution in [0, 0.1) is 6.92 Å². The predicted molar refractivity (Wildman–Crippen MR) is 115 cm³/mol. The van der Waals surface area contributed by atoms with Gasteiger partial charge in [0.1, 0.15) is 28.2 Å². The van der Waals surface area contributed by atoms with Crippen molar-refractivity contribution in [1.82, 2.24) is 14.6 Å². The van der Waals surface area contributed by atoms with Gasteiger partial charge < -0.3 is 14.5 Å². The van der Waals surface area contributed by atoms with Crippen molar-refractivity contribution >= 4 is 27.5 Å². The van der Waals surface area contributed by atoms with Crippen LogP contribution in [0.3, 0.4) is 0 Å². The van der Waals surface area contributed by atoms with Gasteiger partial charge in [0.15, 0.2) is 0 Å². The van der Waals surface area contributed by atoms with Crippen molar-refractivity contribution in [2.45, 2.75) is 18.4 Å². The number of nitrogens with zero attached hydrogens (tertiary/aromatic N) is 2. The average molecular weight is 464 g/mol. The molecule has 0 bridgehead atoms. The molecule has 0 unspecified atom stereocenters. The van der Waals surface area contributed by atoms with Crippen LogP contribution in [0.25, 0.3) is 0 Å². The summed E-state index contributed by atoms with van der Waals surface area (Å²) < 4.78 is 38.0. The number of rotatable bonds is 10. The topological polar surface area (TPSA) is 102 Å². The van der Waals surface area contributed by atoms with Crippen molar-refractivity contribution in [3.05, 3.63) is 77.5 Å². The minimum atomic E-state index is -4.01. The molecule has 0 saturated heterocycles. The number of hydrogen-bond acceptors (Lipinski definition) is 6. The number of hydrogen-bond donors (Lipinski definition) is 1. The zero-order valence-corrected chi connectivity index (χ0v) is 18.4. The summed E-state index contributed by atoms with van der Waals surface area (Å²) >= 11 is 5.75. The van der Waals surface area contributed by atoms with Gasteiger partial charge in [-0.05, 0) is 48.9 Å². The van der Waals surface area contributed by atoms with E-state index in [1.165, 1.54) is 18.4 Å². The molecule has 0 spiro atoms. The summed E-state index contributed by atoms with van der Waals surface area (Å²) in [6, 6.07) is 13.6. The lowest BCUT2D eigenvalue weighted by Gasteiger charge is -2.20. The molecule has 0 aliphatic heterocycles. The maximum atomic E-state index is 13.0. The maximum absolute atomic E-state index is 13.0. The zero-order valence-electron chi connectivity index (χ0n) is 16.8. The largest absolute Gasteiger partial charge is 0.492 e. The Kier molecular flexibility index (Phi) is 7.67. The van der Waals surface area contributed by atoms with Crippen molar-refractivity contribution in [1.29, 1.82) is 0 Å². The molecule has 0 saturated carbocycles. The molecular formula is C21H22ClN3O5S. The number of sulfonamides is 1. The van der Waals surface area contributed by atoms with Crippen LogP contribution in [0.4, 0.5) is 0 Å². The van der Waals surface area contributed by atoms with E-state index in [1.54, 1.807) is 12.1 Å². The van der Waals surface area contributed by atoms with E-state index in [9.17, 15) is 13.2 Å². The van der Waals surface area contributed by atoms with Crippen molar-refractivity contribution in [3.63, 3.8) is 0 Å². The lowest BCUT2D eigenvalue weighted by Crippen LogP contribution is -2.41. The Morgan fingerprint density at radius 1 is 1.23 bits per heavy atom. The molecule has 0 radical (unpaired) electrons. The number of amides is 1. The number of ether oxygens (including phenoxy) is 1. The van der Waals surface area contributed by atoms with Gasteiger partial charge in [-0.25, -0.2) is 13.4 Å². The average Bonchev–Trinajstić information content (AvgIpc) is 3.24. The van der Waals surface area contributed by atoms with Crippen LogP contribution in [-0.4, -0.2) is 43.3 Å². The highest BCUT2D eigenvalue weighted by Gasteiger charge is 2.28. The molecule has 0 aliphatic rings. The molecule has 31 heavy (non-hydrogen) atoms. The Bertz CT molecular complexity index is 1100. The van der Waals surface area contributed by atoms with Gasteiger partial charge in [0.25, 0.3) is 0 Å². The Hall–Kier alpha value is -2.88. The Balaban J connectivity index is 1.62. The van der Waals surface area contributed by atoms with Crippen LogP contribution >= 0.6 is 11.6 Å². The second-order valence-electron chi connectivity index (χ2n) is 6.68. The first-order valence-corrected chi connectivity index (χ1v) is 11.3. The summed E-state index contributed by atoms with van der Waals surface area (Å²) in [7, 11) is -4.01. The standard InChI is InChI=1S/C21H22ClN3O5S/c1-16-4-2-5-17(12-16)30-11-9-23-21(26)15-25(14-18-6-3-10-29-18)31(27,28)19-7-8-20(22)24-13-19/h2-8,10,12-13H,9,11,14-15H2,1H3,(H,23,26). The quantitative estimate of drug-likeness (QED) is 0.366. The molecule has 0 atom stereocenters. The van der Waals surface area contributed by atoms with Gasteiger partial charge in [0, 0.05) is 6.20 Å². The molecule has 10 heteroatoms. The van der Waals surface area contributed by atoms with E-state index in [2.05, 4.69) is 10.3 Å². The predicted octanol–water partition coefficient (Wildman–Crippen LogP) is 3.02. The number of furan rings is 1. The van der Waals surface area contributed by atoms with Crippen LogP contribution in [0.15, 0.2) is 70.3 Å². The lowest BCUT2D eigenvalue weighted by molar-refractivity contribution is -0.121. The molecule has 1 aromatic carbocycles. The Morgan fingerprint density at radius 2 is 2.06 bits per heavy atom. The number of nitrogens with one attached hydrogen (secondary N) is 1. The van der Waals surface area contributed by atoms with Crippen LogP contribution in [0.1, 0.15) is 11.3 Å². The fourth-order valence-electron chi connectivity index (χ4n) is 2.75. The normalized spacial score (nSPS) is 11.5. The smallest absolute Gasteiger partial charge is 0.245 e. The van der Waals surface area contributed by atoms with Gasteiger partial charge in [0.05, 0.1) is 25.9 Å². The van der Waals surface area contributed by atoms with Crippen LogP contribution in [0.2, 0.25) is 5.15 Å². The third-order valence-electron chi connectivity index (χ3n) is 4.25.